The predicted molar refractivity (Wildman–Crippen MR) is 112 cm³/mol. The van der Waals surface area contributed by atoms with Gasteiger partial charge in [0.05, 0.1) is 19.8 Å². The van der Waals surface area contributed by atoms with Gasteiger partial charge in [-0.1, -0.05) is 30.3 Å². The summed E-state index contributed by atoms with van der Waals surface area (Å²) in [7, 11) is 3.15. The molecule has 0 amide bonds. The van der Waals surface area contributed by atoms with Crippen LogP contribution in [0.15, 0.2) is 54.1 Å². The maximum absolute atomic E-state index is 12.9. The number of hydrogen-bond donors (Lipinski definition) is 1. The van der Waals surface area contributed by atoms with Crippen LogP contribution < -0.4 is 9.47 Å². The van der Waals surface area contributed by atoms with Crippen molar-refractivity contribution >= 4 is 5.78 Å². The van der Waals surface area contributed by atoms with Crippen molar-refractivity contribution in [3.63, 3.8) is 0 Å². The molecule has 5 heteroatoms. The smallest absolute Gasteiger partial charge is 0.189 e. The fourth-order valence-corrected chi connectivity index (χ4v) is 4.26. The fourth-order valence-electron chi connectivity index (χ4n) is 4.26. The number of ketones is 1. The van der Waals surface area contributed by atoms with E-state index in [9.17, 15) is 9.90 Å². The lowest BCUT2D eigenvalue weighted by Gasteiger charge is -2.36. The zero-order chi connectivity index (χ0) is 20.4. The first-order valence-electron chi connectivity index (χ1n) is 10.0. The third-order valence-electron chi connectivity index (χ3n) is 5.94. The first-order chi connectivity index (χ1) is 14.0. The minimum Gasteiger partial charge on any atom is -0.493 e. The van der Waals surface area contributed by atoms with Gasteiger partial charge in [-0.25, -0.2) is 0 Å². The molecular formula is C24H27NO4. The van der Waals surface area contributed by atoms with E-state index in [1.807, 2.05) is 24.3 Å². The molecule has 0 radical (unpaired) electrons. The number of piperidine rings is 1. The second kappa shape index (κ2) is 8.01. The van der Waals surface area contributed by atoms with Crippen molar-refractivity contribution < 1.29 is 19.4 Å². The van der Waals surface area contributed by atoms with Crippen LogP contribution in [0.4, 0.5) is 0 Å². The topological polar surface area (TPSA) is 59.0 Å². The second-order valence-corrected chi connectivity index (χ2v) is 7.91. The normalized spacial score (nSPS) is 20.0. The van der Waals surface area contributed by atoms with E-state index in [0.29, 0.717) is 41.9 Å². The Kier molecular flexibility index (Phi) is 5.43. The number of Topliss-reactive ketones (excluding diaryl/α,β-unsaturated/α-hetero) is 1. The number of methoxy groups -OCH3 is 2. The standard InChI is InChI=1S/C24H27NO4/c1-28-21-13-18-12-19(23(26)20(18)14-22(21)29-2)15-24(27)8-10-25(11-9-24)16-17-6-4-3-5-7-17/h3-7,13-15,27H,8-12,16H2,1-2H3/b19-15+. The minimum atomic E-state index is -0.936. The number of likely N-dealkylation sites (tertiary alicyclic amines) is 1. The average Bonchev–Trinajstić information content (AvgIpc) is 3.03. The molecule has 1 aliphatic carbocycles. The highest BCUT2D eigenvalue weighted by molar-refractivity contribution is 6.13. The molecule has 0 atom stereocenters. The van der Waals surface area contributed by atoms with Gasteiger partial charge in [0.2, 0.25) is 0 Å². The van der Waals surface area contributed by atoms with Gasteiger partial charge < -0.3 is 14.6 Å². The Labute approximate surface area is 171 Å². The van der Waals surface area contributed by atoms with Gasteiger partial charge in [0.1, 0.15) is 0 Å². The molecule has 4 rings (SSSR count). The molecule has 0 aromatic heterocycles. The molecule has 1 N–H and O–H groups in total. The molecule has 0 unspecified atom stereocenters. The van der Waals surface area contributed by atoms with Crippen molar-refractivity contribution in [2.75, 3.05) is 27.3 Å². The summed E-state index contributed by atoms with van der Waals surface area (Å²) in [6, 6.07) is 14.0. The maximum Gasteiger partial charge on any atom is 0.189 e. The maximum atomic E-state index is 12.9. The van der Waals surface area contributed by atoms with E-state index in [0.717, 1.165) is 25.2 Å². The van der Waals surface area contributed by atoms with E-state index in [1.165, 1.54) is 5.56 Å². The van der Waals surface area contributed by atoms with Gasteiger partial charge in [-0.15, -0.1) is 0 Å². The van der Waals surface area contributed by atoms with Gasteiger partial charge >= 0.3 is 0 Å². The zero-order valence-corrected chi connectivity index (χ0v) is 17.0. The van der Waals surface area contributed by atoms with Crippen molar-refractivity contribution in [2.24, 2.45) is 0 Å². The van der Waals surface area contributed by atoms with E-state index < -0.39 is 5.60 Å². The largest absolute Gasteiger partial charge is 0.493 e. The number of fused-ring (bicyclic) bond motifs is 1. The first kappa shape index (κ1) is 19.7. The number of benzene rings is 2. The van der Waals surface area contributed by atoms with E-state index >= 15 is 0 Å². The van der Waals surface area contributed by atoms with Gasteiger partial charge in [-0.2, -0.15) is 0 Å². The van der Waals surface area contributed by atoms with Crippen molar-refractivity contribution in [3.8, 4) is 11.5 Å². The van der Waals surface area contributed by atoms with Crippen LogP contribution in [-0.2, 0) is 13.0 Å². The van der Waals surface area contributed by atoms with Gasteiger partial charge in [-0.3, -0.25) is 9.69 Å². The lowest BCUT2D eigenvalue weighted by molar-refractivity contribution is 0.0160. The SMILES string of the molecule is COc1cc2c(cc1OC)C(=O)/C(=C/C1(O)CCN(Cc3ccccc3)CC1)C2. The first-order valence-corrected chi connectivity index (χ1v) is 10.0. The van der Waals surface area contributed by atoms with Crippen molar-refractivity contribution in [3.05, 3.63) is 70.8 Å². The molecule has 29 heavy (non-hydrogen) atoms. The molecule has 2 aromatic carbocycles. The molecule has 1 fully saturated rings. The van der Waals surface area contributed by atoms with Gasteiger partial charge in [-0.05, 0) is 42.2 Å². The van der Waals surface area contributed by atoms with Crippen molar-refractivity contribution in [2.45, 2.75) is 31.4 Å². The van der Waals surface area contributed by atoms with E-state index in [-0.39, 0.29) is 5.78 Å². The number of rotatable bonds is 5. The lowest BCUT2D eigenvalue weighted by Crippen LogP contribution is -2.43. The summed E-state index contributed by atoms with van der Waals surface area (Å²) in [6.07, 6.45) is 3.57. The highest BCUT2D eigenvalue weighted by Crippen LogP contribution is 2.38. The number of ether oxygens (including phenoxy) is 2. The Hall–Kier alpha value is -2.63. The van der Waals surface area contributed by atoms with Crippen LogP contribution in [0.25, 0.3) is 0 Å². The quantitative estimate of drug-likeness (QED) is 0.789. The average molecular weight is 393 g/mol. The summed E-state index contributed by atoms with van der Waals surface area (Å²) in [4.78, 5) is 15.3. The molecule has 1 saturated heterocycles. The van der Waals surface area contributed by atoms with Crippen LogP contribution in [0.1, 0.15) is 34.3 Å². The Morgan fingerprint density at radius 2 is 1.72 bits per heavy atom. The molecule has 0 saturated carbocycles. The molecule has 5 nitrogen and oxygen atoms in total. The molecule has 1 aliphatic heterocycles. The Morgan fingerprint density at radius 1 is 1.07 bits per heavy atom. The highest BCUT2D eigenvalue weighted by atomic mass is 16.5. The van der Waals surface area contributed by atoms with Crippen LogP contribution in [0.2, 0.25) is 0 Å². The van der Waals surface area contributed by atoms with Crippen LogP contribution in [-0.4, -0.2) is 48.7 Å². The van der Waals surface area contributed by atoms with Gasteiger partial charge in [0.15, 0.2) is 17.3 Å². The van der Waals surface area contributed by atoms with Gasteiger partial charge in [0.25, 0.3) is 0 Å². The molecule has 0 spiro atoms. The Morgan fingerprint density at radius 3 is 2.38 bits per heavy atom. The van der Waals surface area contributed by atoms with E-state index in [2.05, 4.69) is 17.0 Å². The molecule has 2 aromatic rings. The third kappa shape index (κ3) is 4.07. The molecule has 152 valence electrons. The summed E-state index contributed by atoms with van der Waals surface area (Å²) in [6.45, 7) is 2.49. The number of carbonyl (C=O) groups excluding carboxylic acids is 1. The monoisotopic (exact) mass is 393 g/mol. The van der Waals surface area contributed by atoms with E-state index in [1.54, 1.807) is 26.4 Å². The van der Waals surface area contributed by atoms with Gasteiger partial charge in [0, 0.05) is 37.2 Å². The summed E-state index contributed by atoms with van der Waals surface area (Å²) < 4.78 is 10.7. The zero-order valence-electron chi connectivity index (χ0n) is 17.0. The Balaban J connectivity index is 1.46. The van der Waals surface area contributed by atoms with Crippen molar-refractivity contribution in [1.82, 2.24) is 4.90 Å². The molecule has 2 aliphatic rings. The fraction of sp³-hybridized carbons (Fsp3) is 0.375. The van der Waals surface area contributed by atoms with E-state index in [4.69, 9.17) is 9.47 Å². The summed E-state index contributed by atoms with van der Waals surface area (Å²) >= 11 is 0. The number of allylic oxidation sites excluding steroid dienone is 1. The number of hydrogen-bond acceptors (Lipinski definition) is 5. The van der Waals surface area contributed by atoms with Crippen LogP contribution in [0.3, 0.4) is 0 Å². The summed E-state index contributed by atoms with van der Waals surface area (Å²) in [5.41, 5.74) is 2.56. The number of carbonyl (C=O) groups is 1. The number of aliphatic hydroxyl groups is 1. The third-order valence-corrected chi connectivity index (χ3v) is 5.94. The molecule has 0 bridgehead atoms. The van der Waals surface area contributed by atoms with Crippen LogP contribution in [0.5, 0.6) is 11.5 Å². The van der Waals surface area contributed by atoms with Crippen LogP contribution >= 0.6 is 0 Å². The molecular weight excluding hydrogens is 366 g/mol. The number of nitrogens with zero attached hydrogens (tertiary/aromatic N) is 1. The predicted octanol–water partition coefficient (Wildman–Crippen LogP) is 3.40. The summed E-state index contributed by atoms with van der Waals surface area (Å²) in [5.74, 6) is 1.14. The minimum absolute atomic E-state index is 0.0268. The van der Waals surface area contributed by atoms with Crippen LogP contribution in [0, 0.1) is 0 Å². The highest BCUT2D eigenvalue weighted by Gasteiger charge is 2.34. The summed E-state index contributed by atoms with van der Waals surface area (Å²) in [5, 5.41) is 11.1. The second-order valence-electron chi connectivity index (χ2n) is 7.91. The Bertz CT molecular complexity index is 927. The lowest BCUT2D eigenvalue weighted by atomic mass is 9.88. The molecule has 1 heterocycles. The van der Waals surface area contributed by atoms with Crippen molar-refractivity contribution in [1.29, 1.82) is 0 Å².